The van der Waals surface area contributed by atoms with E-state index in [-0.39, 0.29) is 18.4 Å². The highest BCUT2D eigenvalue weighted by molar-refractivity contribution is 5.70. The molecule has 27 heavy (non-hydrogen) atoms. The van der Waals surface area contributed by atoms with Crippen LogP contribution >= 0.6 is 0 Å². The molecule has 1 N–H and O–H groups in total. The zero-order valence-corrected chi connectivity index (χ0v) is 16.8. The summed E-state index contributed by atoms with van der Waals surface area (Å²) in [5, 5.41) is 10.7. The molecular formula is C23H31NO3. The van der Waals surface area contributed by atoms with Gasteiger partial charge in [0.25, 0.3) is 0 Å². The van der Waals surface area contributed by atoms with E-state index in [4.69, 9.17) is 4.74 Å². The molecule has 0 amide bonds. The molecule has 0 radical (unpaired) electrons. The number of carbonyl (C=O) groups is 1. The number of benzene rings is 2. The summed E-state index contributed by atoms with van der Waals surface area (Å²) in [4.78, 5) is 14.3. The molecule has 0 aliphatic carbocycles. The van der Waals surface area contributed by atoms with Crippen LogP contribution in [-0.2, 0) is 22.6 Å². The Balaban J connectivity index is 2.09. The van der Waals surface area contributed by atoms with E-state index in [0.29, 0.717) is 13.1 Å². The molecule has 0 unspecified atom stereocenters. The van der Waals surface area contributed by atoms with Crippen molar-refractivity contribution in [3.8, 4) is 0 Å². The van der Waals surface area contributed by atoms with E-state index in [9.17, 15) is 9.90 Å². The second-order valence-corrected chi connectivity index (χ2v) is 7.97. The van der Waals surface area contributed by atoms with Gasteiger partial charge in [-0.15, -0.1) is 0 Å². The summed E-state index contributed by atoms with van der Waals surface area (Å²) in [5.74, 6) is -0.374. The van der Waals surface area contributed by atoms with Crippen molar-refractivity contribution < 1.29 is 14.6 Å². The quantitative estimate of drug-likeness (QED) is 0.710. The van der Waals surface area contributed by atoms with E-state index in [2.05, 4.69) is 29.2 Å². The van der Waals surface area contributed by atoms with E-state index >= 15 is 0 Å². The van der Waals surface area contributed by atoms with Crippen LogP contribution in [0.25, 0.3) is 0 Å². The third kappa shape index (κ3) is 7.53. The summed E-state index contributed by atoms with van der Waals surface area (Å²) in [6.07, 6.45) is -0.814. The predicted molar refractivity (Wildman–Crippen MR) is 108 cm³/mol. The Morgan fingerprint density at radius 2 is 1.41 bits per heavy atom. The van der Waals surface area contributed by atoms with Gasteiger partial charge in [-0.25, -0.2) is 0 Å². The summed E-state index contributed by atoms with van der Waals surface area (Å²) in [6, 6.07) is 20.1. The number of aliphatic hydroxyl groups excluding tert-OH is 1. The predicted octanol–water partition coefficient (Wildman–Crippen LogP) is 4.17. The molecule has 2 aromatic rings. The Labute approximate surface area is 162 Å². The monoisotopic (exact) mass is 369 g/mol. The highest BCUT2D eigenvalue weighted by Crippen LogP contribution is 2.18. The van der Waals surface area contributed by atoms with Gasteiger partial charge in [0.2, 0.25) is 0 Å². The van der Waals surface area contributed by atoms with E-state index in [0.717, 1.165) is 0 Å². The molecule has 146 valence electrons. The largest absolute Gasteiger partial charge is 0.460 e. The number of esters is 1. The average Bonchev–Trinajstić information content (AvgIpc) is 2.60. The smallest absolute Gasteiger partial charge is 0.308 e. The van der Waals surface area contributed by atoms with Crippen molar-refractivity contribution in [2.75, 3.05) is 0 Å². The van der Waals surface area contributed by atoms with Crippen molar-refractivity contribution in [1.29, 1.82) is 0 Å². The van der Waals surface area contributed by atoms with Crippen molar-refractivity contribution in [3.05, 3.63) is 71.8 Å². The Kier molecular flexibility index (Phi) is 7.57. The molecule has 2 aromatic carbocycles. The Morgan fingerprint density at radius 3 is 1.81 bits per heavy atom. The third-order valence-electron chi connectivity index (χ3n) is 4.39. The molecule has 4 heteroatoms. The minimum Gasteiger partial charge on any atom is -0.460 e. The fourth-order valence-corrected chi connectivity index (χ4v) is 2.95. The Hall–Kier alpha value is -2.17. The molecule has 0 bridgehead atoms. The van der Waals surface area contributed by atoms with Crippen LogP contribution in [0.2, 0.25) is 0 Å². The number of rotatable bonds is 8. The average molecular weight is 370 g/mol. The number of nitrogens with zero attached hydrogens (tertiary/aromatic N) is 1. The molecule has 2 atom stereocenters. The van der Waals surface area contributed by atoms with Gasteiger partial charge >= 0.3 is 5.97 Å². The maximum atomic E-state index is 12.1. The van der Waals surface area contributed by atoms with Gasteiger partial charge in [-0.05, 0) is 38.8 Å². The SMILES string of the molecule is C[C@@H]([C@@H](O)CC(=O)OC(C)(C)C)N(Cc1ccccc1)Cc1ccccc1. The number of aliphatic hydroxyl groups is 1. The molecule has 0 spiro atoms. The van der Waals surface area contributed by atoms with Gasteiger partial charge in [0, 0.05) is 19.1 Å². The van der Waals surface area contributed by atoms with E-state index in [1.807, 2.05) is 64.1 Å². The van der Waals surface area contributed by atoms with Crippen LogP contribution in [0.4, 0.5) is 0 Å². The van der Waals surface area contributed by atoms with Gasteiger partial charge in [-0.1, -0.05) is 60.7 Å². The lowest BCUT2D eigenvalue weighted by Gasteiger charge is -2.32. The lowest BCUT2D eigenvalue weighted by atomic mass is 10.0. The van der Waals surface area contributed by atoms with Gasteiger partial charge in [0.1, 0.15) is 5.60 Å². The molecule has 4 nitrogen and oxygen atoms in total. The number of hydrogen-bond donors (Lipinski definition) is 1. The van der Waals surface area contributed by atoms with Gasteiger partial charge in [-0.2, -0.15) is 0 Å². The summed E-state index contributed by atoms with van der Waals surface area (Å²) >= 11 is 0. The number of ether oxygens (including phenoxy) is 1. The van der Waals surface area contributed by atoms with Crippen LogP contribution in [0.15, 0.2) is 60.7 Å². The fourth-order valence-electron chi connectivity index (χ4n) is 2.95. The maximum Gasteiger partial charge on any atom is 0.308 e. The lowest BCUT2D eigenvalue weighted by Crippen LogP contribution is -2.42. The standard InChI is InChI=1S/C23H31NO3/c1-18(21(25)15-22(26)27-23(2,3)4)24(16-19-11-7-5-8-12-19)17-20-13-9-6-10-14-20/h5-14,18,21,25H,15-17H2,1-4H3/t18-,21-/m0/s1. The molecule has 0 heterocycles. The van der Waals surface area contributed by atoms with Crippen molar-refractivity contribution in [1.82, 2.24) is 4.90 Å². The first-order valence-electron chi connectivity index (χ1n) is 9.46. The van der Waals surface area contributed by atoms with Gasteiger partial charge in [-0.3, -0.25) is 9.69 Å². The molecule has 0 aliphatic heterocycles. The second kappa shape index (κ2) is 9.67. The maximum absolute atomic E-state index is 12.1. The topological polar surface area (TPSA) is 49.8 Å². The van der Waals surface area contributed by atoms with Crippen LogP contribution in [0.3, 0.4) is 0 Å². The van der Waals surface area contributed by atoms with Crippen molar-refractivity contribution in [2.24, 2.45) is 0 Å². The van der Waals surface area contributed by atoms with Crippen LogP contribution in [0.1, 0.15) is 45.2 Å². The van der Waals surface area contributed by atoms with Crippen LogP contribution in [0.5, 0.6) is 0 Å². The minimum absolute atomic E-state index is 0.0154. The summed E-state index contributed by atoms with van der Waals surface area (Å²) in [6.45, 7) is 8.85. The van der Waals surface area contributed by atoms with Crippen LogP contribution in [0, 0.1) is 0 Å². The molecule has 0 aliphatic rings. The molecule has 0 saturated heterocycles. The molecular weight excluding hydrogens is 338 g/mol. The first-order chi connectivity index (χ1) is 12.7. The van der Waals surface area contributed by atoms with Gasteiger partial charge < -0.3 is 9.84 Å². The highest BCUT2D eigenvalue weighted by Gasteiger charge is 2.26. The highest BCUT2D eigenvalue weighted by atomic mass is 16.6. The van der Waals surface area contributed by atoms with E-state index in [1.165, 1.54) is 11.1 Å². The summed E-state index contributed by atoms with van der Waals surface area (Å²) < 4.78 is 5.36. The molecule has 0 fully saturated rings. The first kappa shape index (κ1) is 21.1. The zero-order chi connectivity index (χ0) is 19.9. The number of hydrogen-bond acceptors (Lipinski definition) is 4. The normalized spacial score (nSPS) is 14.0. The third-order valence-corrected chi connectivity index (χ3v) is 4.39. The van der Waals surface area contributed by atoms with E-state index < -0.39 is 11.7 Å². The lowest BCUT2D eigenvalue weighted by molar-refractivity contribution is -0.158. The van der Waals surface area contributed by atoms with E-state index in [1.54, 1.807) is 0 Å². The molecule has 2 rings (SSSR count). The van der Waals surface area contributed by atoms with Gasteiger partial charge in [0.15, 0.2) is 0 Å². The second-order valence-electron chi connectivity index (χ2n) is 7.97. The van der Waals surface area contributed by atoms with Gasteiger partial charge in [0.05, 0.1) is 12.5 Å². The fraction of sp³-hybridized carbons (Fsp3) is 0.435. The number of carbonyl (C=O) groups excluding carboxylic acids is 1. The summed E-state index contributed by atoms with van der Waals surface area (Å²) in [5.41, 5.74) is 1.79. The van der Waals surface area contributed by atoms with Crippen molar-refractivity contribution in [2.45, 2.75) is 65.0 Å². The zero-order valence-electron chi connectivity index (χ0n) is 16.8. The van der Waals surface area contributed by atoms with Crippen LogP contribution in [-0.4, -0.2) is 33.7 Å². The van der Waals surface area contributed by atoms with Crippen molar-refractivity contribution >= 4 is 5.97 Å². The Bertz CT molecular complexity index is 653. The molecule has 0 saturated carbocycles. The first-order valence-corrected chi connectivity index (χ1v) is 9.46. The Morgan fingerprint density at radius 1 is 0.963 bits per heavy atom. The molecule has 0 aromatic heterocycles. The van der Waals surface area contributed by atoms with Crippen LogP contribution < -0.4 is 0 Å². The summed E-state index contributed by atoms with van der Waals surface area (Å²) in [7, 11) is 0. The minimum atomic E-state index is -0.799. The van der Waals surface area contributed by atoms with Crippen molar-refractivity contribution in [3.63, 3.8) is 0 Å².